The van der Waals surface area contributed by atoms with Crippen LogP contribution in [0.2, 0.25) is 0 Å². The van der Waals surface area contributed by atoms with E-state index < -0.39 is 12.1 Å². The number of hydrogen-bond acceptors (Lipinski definition) is 6. The molecule has 4 heterocycles. The van der Waals surface area contributed by atoms with Gasteiger partial charge in [-0.05, 0) is 31.1 Å². The second-order valence-corrected chi connectivity index (χ2v) is 7.80. The number of rotatable bonds is 2. The number of aliphatic carboxylic acids is 1. The lowest BCUT2D eigenvalue weighted by Crippen LogP contribution is -2.45. The van der Waals surface area contributed by atoms with E-state index in [0.29, 0.717) is 31.1 Å². The van der Waals surface area contributed by atoms with Crippen molar-refractivity contribution in [3.8, 4) is 0 Å². The molecule has 0 aromatic rings. The maximum atomic E-state index is 12.7. The Hall–Kier alpha value is -1.43. The highest BCUT2D eigenvalue weighted by Crippen LogP contribution is 2.37. The van der Waals surface area contributed by atoms with Crippen LogP contribution in [0.5, 0.6) is 0 Å². The number of halogens is 3. The van der Waals surface area contributed by atoms with E-state index in [-0.39, 0.29) is 11.8 Å². The number of nitrogens with zero attached hydrogens (tertiary/aromatic N) is 2. The van der Waals surface area contributed by atoms with Gasteiger partial charge in [-0.15, -0.1) is 0 Å². The molecule has 0 spiro atoms. The molecule has 4 saturated heterocycles. The maximum absolute atomic E-state index is 12.7. The minimum absolute atomic E-state index is 0.0262. The van der Waals surface area contributed by atoms with Gasteiger partial charge in [0.15, 0.2) is 0 Å². The Morgan fingerprint density at radius 2 is 1.69 bits per heavy atom. The van der Waals surface area contributed by atoms with E-state index in [1.807, 2.05) is 0 Å². The predicted molar refractivity (Wildman–Crippen MR) is 92.7 cm³/mol. The van der Waals surface area contributed by atoms with Crippen molar-refractivity contribution in [2.24, 2.45) is 17.8 Å². The normalized spacial score (nSPS) is 31.1. The highest BCUT2D eigenvalue weighted by Gasteiger charge is 2.47. The van der Waals surface area contributed by atoms with Gasteiger partial charge >= 0.3 is 12.1 Å². The van der Waals surface area contributed by atoms with Crippen LogP contribution in [-0.2, 0) is 23.9 Å². The van der Waals surface area contributed by atoms with Crippen LogP contribution in [0.4, 0.5) is 13.2 Å². The molecule has 3 atom stereocenters. The molecule has 0 aliphatic carbocycles. The average molecular weight is 424 g/mol. The van der Waals surface area contributed by atoms with Crippen LogP contribution in [0, 0.1) is 17.8 Å². The lowest BCUT2D eigenvalue weighted by molar-refractivity contribution is -0.192. The molecule has 4 fully saturated rings. The van der Waals surface area contributed by atoms with Gasteiger partial charge in [0.05, 0.1) is 32.3 Å². The molecular weight excluding hydrogens is 397 g/mol. The Morgan fingerprint density at radius 3 is 2.28 bits per heavy atom. The van der Waals surface area contributed by atoms with Crippen molar-refractivity contribution in [2.45, 2.75) is 31.5 Å². The number of carboxylic acid groups (broad SMARTS) is 1. The third-order valence-corrected chi connectivity index (χ3v) is 5.93. The number of carbonyl (C=O) groups excluding carboxylic acids is 1. The fraction of sp³-hybridized carbons (Fsp3) is 0.889. The van der Waals surface area contributed by atoms with Crippen LogP contribution >= 0.6 is 0 Å². The summed E-state index contributed by atoms with van der Waals surface area (Å²) in [5.74, 6) is -1.73. The fourth-order valence-electron chi connectivity index (χ4n) is 4.44. The fourth-order valence-corrected chi connectivity index (χ4v) is 4.44. The number of fused-ring (bicyclic) bond motifs is 1. The zero-order valence-electron chi connectivity index (χ0n) is 16.1. The first-order chi connectivity index (χ1) is 13.8. The Bertz CT molecular complexity index is 578. The summed E-state index contributed by atoms with van der Waals surface area (Å²) in [5.41, 5.74) is 0. The zero-order valence-corrected chi connectivity index (χ0v) is 16.1. The first kappa shape index (κ1) is 22.3. The van der Waals surface area contributed by atoms with Gasteiger partial charge in [-0.2, -0.15) is 13.2 Å². The highest BCUT2D eigenvalue weighted by molar-refractivity contribution is 5.78. The van der Waals surface area contributed by atoms with E-state index >= 15 is 0 Å². The molecule has 0 aromatic carbocycles. The van der Waals surface area contributed by atoms with Crippen LogP contribution in [0.25, 0.3) is 0 Å². The average Bonchev–Trinajstić information content (AvgIpc) is 3.37. The topological polar surface area (TPSA) is 88.5 Å². The quantitative estimate of drug-likeness (QED) is 0.712. The van der Waals surface area contributed by atoms with Gasteiger partial charge in [0, 0.05) is 32.3 Å². The van der Waals surface area contributed by atoms with Gasteiger partial charge in [-0.3, -0.25) is 14.5 Å². The smallest absolute Gasteiger partial charge is 0.475 e. The number of ether oxygens (including phenoxy) is 2. The van der Waals surface area contributed by atoms with Crippen LogP contribution in [-0.4, -0.2) is 91.8 Å². The second-order valence-electron chi connectivity index (χ2n) is 7.80. The predicted octanol–water partition coefficient (Wildman–Crippen LogP) is 1.16. The van der Waals surface area contributed by atoms with Gasteiger partial charge in [-0.25, -0.2) is 9.86 Å². The Morgan fingerprint density at radius 1 is 1.00 bits per heavy atom. The van der Waals surface area contributed by atoms with Crippen LogP contribution in [0.3, 0.4) is 0 Å². The number of hydrogen-bond donors (Lipinski definition) is 1. The Labute approximate surface area is 166 Å². The van der Waals surface area contributed by atoms with Crippen LogP contribution in [0.15, 0.2) is 0 Å². The van der Waals surface area contributed by atoms with Gasteiger partial charge in [0.1, 0.15) is 0 Å². The number of hydroxylamine groups is 2. The molecule has 8 nitrogen and oxygen atoms in total. The number of alkyl halides is 3. The summed E-state index contributed by atoms with van der Waals surface area (Å²) >= 11 is 0. The van der Waals surface area contributed by atoms with Crippen molar-refractivity contribution in [1.82, 2.24) is 9.96 Å². The molecule has 0 radical (unpaired) electrons. The van der Waals surface area contributed by atoms with Gasteiger partial charge in [0.2, 0.25) is 0 Å². The first-order valence-electron chi connectivity index (χ1n) is 9.91. The molecular formula is C18H27F3N2O6. The first-order valence-corrected chi connectivity index (χ1v) is 9.91. The van der Waals surface area contributed by atoms with E-state index in [0.717, 1.165) is 58.7 Å². The molecule has 0 aromatic heterocycles. The lowest BCUT2D eigenvalue weighted by atomic mass is 9.82. The summed E-state index contributed by atoms with van der Waals surface area (Å²) in [6.07, 6.45) is -1.90. The summed E-state index contributed by atoms with van der Waals surface area (Å²) in [4.78, 5) is 29.6. The van der Waals surface area contributed by atoms with E-state index in [1.165, 1.54) is 0 Å². The van der Waals surface area contributed by atoms with E-state index in [1.54, 1.807) is 5.06 Å². The van der Waals surface area contributed by atoms with Gasteiger partial charge < -0.3 is 14.6 Å². The maximum Gasteiger partial charge on any atom is 0.490 e. The Kier molecular flexibility index (Phi) is 7.36. The van der Waals surface area contributed by atoms with Crippen molar-refractivity contribution < 1.29 is 42.2 Å². The highest BCUT2D eigenvalue weighted by atomic mass is 19.4. The minimum Gasteiger partial charge on any atom is -0.475 e. The summed E-state index contributed by atoms with van der Waals surface area (Å²) in [6.45, 7) is 6.60. The lowest BCUT2D eigenvalue weighted by Gasteiger charge is -2.34. The van der Waals surface area contributed by atoms with E-state index in [9.17, 15) is 18.0 Å². The van der Waals surface area contributed by atoms with Crippen molar-refractivity contribution >= 4 is 11.9 Å². The van der Waals surface area contributed by atoms with Crippen LogP contribution < -0.4 is 0 Å². The second kappa shape index (κ2) is 9.59. The van der Waals surface area contributed by atoms with Gasteiger partial charge in [0.25, 0.3) is 5.91 Å². The largest absolute Gasteiger partial charge is 0.490 e. The zero-order chi connectivity index (χ0) is 21.0. The number of carbonyl (C=O) groups is 2. The summed E-state index contributed by atoms with van der Waals surface area (Å²) in [7, 11) is 0. The molecule has 1 N–H and O–H groups in total. The summed E-state index contributed by atoms with van der Waals surface area (Å²) in [5, 5.41) is 8.70. The van der Waals surface area contributed by atoms with Crippen LogP contribution in [0.1, 0.15) is 19.3 Å². The molecule has 29 heavy (non-hydrogen) atoms. The SMILES string of the molecule is O=C(O)C(F)(F)F.O=C([C@@H]1COC[C@H]2CN(C3CCOCC3)C[C@H]21)N1CCCO1. The molecule has 1 amide bonds. The molecule has 11 heteroatoms. The minimum atomic E-state index is -5.08. The number of carboxylic acids is 1. The summed E-state index contributed by atoms with van der Waals surface area (Å²) in [6, 6.07) is 0.623. The van der Waals surface area contributed by atoms with Crippen molar-refractivity contribution in [3.63, 3.8) is 0 Å². The Balaban J connectivity index is 0.000000298. The molecule has 0 unspecified atom stereocenters. The number of amides is 1. The molecule has 166 valence electrons. The van der Waals surface area contributed by atoms with E-state index in [4.69, 9.17) is 24.2 Å². The van der Waals surface area contributed by atoms with E-state index in [2.05, 4.69) is 4.90 Å². The molecule has 0 saturated carbocycles. The molecule has 4 aliphatic heterocycles. The molecule has 4 aliphatic rings. The standard InChI is InChI=1S/C16H26N2O4.C2HF3O2/c19-16(18-4-1-5-22-18)15-11-21-10-12-8-17(9-14(12)15)13-2-6-20-7-3-13;3-2(4,5)1(6)7/h12-15H,1-11H2;(H,6,7)/t12-,14-,15-;/m1./s1. The molecule has 4 rings (SSSR count). The van der Waals surface area contributed by atoms with Crippen molar-refractivity contribution in [1.29, 1.82) is 0 Å². The summed E-state index contributed by atoms with van der Waals surface area (Å²) < 4.78 is 43.0. The van der Waals surface area contributed by atoms with Crippen molar-refractivity contribution in [2.75, 3.05) is 52.7 Å². The number of likely N-dealkylation sites (tertiary alicyclic amines) is 1. The third-order valence-electron chi connectivity index (χ3n) is 5.93. The van der Waals surface area contributed by atoms with Gasteiger partial charge in [-0.1, -0.05) is 0 Å². The molecule has 0 bridgehead atoms. The van der Waals surface area contributed by atoms with Crippen molar-refractivity contribution in [3.05, 3.63) is 0 Å². The third kappa shape index (κ3) is 5.59. The monoisotopic (exact) mass is 424 g/mol.